The topological polar surface area (TPSA) is 42.7 Å². The van der Waals surface area contributed by atoms with E-state index in [1.165, 1.54) is 16.6 Å². The van der Waals surface area contributed by atoms with E-state index in [1.807, 2.05) is 17.8 Å². The molecule has 0 aliphatic carbocycles. The zero-order valence-electron chi connectivity index (χ0n) is 14.3. The second-order valence-corrected chi connectivity index (χ2v) is 6.05. The average Bonchev–Trinajstić information content (AvgIpc) is 2.78. The molecule has 0 amide bonds. The molecular formula is C19H24N4. The van der Waals surface area contributed by atoms with Crippen LogP contribution in [-0.4, -0.2) is 14.8 Å². The van der Waals surface area contributed by atoms with E-state index in [0.29, 0.717) is 0 Å². The number of nitrogens with zero attached hydrogens (tertiary/aromatic N) is 3. The lowest BCUT2D eigenvalue weighted by Crippen LogP contribution is -2.04. The van der Waals surface area contributed by atoms with Crippen LogP contribution in [0.4, 0.5) is 5.69 Å². The number of aromatic nitrogens is 3. The predicted octanol–water partition coefficient (Wildman–Crippen LogP) is 4.15. The minimum absolute atomic E-state index is 0.783. The van der Waals surface area contributed by atoms with E-state index in [4.69, 9.17) is 4.98 Å². The maximum absolute atomic E-state index is 4.76. The first-order valence-electron chi connectivity index (χ1n) is 8.21. The largest absolute Gasteiger partial charge is 0.380 e. The molecule has 4 heteroatoms. The molecule has 120 valence electrons. The molecule has 23 heavy (non-hydrogen) atoms. The Balaban J connectivity index is 1.95. The van der Waals surface area contributed by atoms with Crippen LogP contribution >= 0.6 is 0 Å². The molecule has 0 saturated carbocycles. The molecule has 2 aromatic heterocycles. The van der Waals surface area contributed by atoms with E-state index >= 15 is 0 Å². The van der Waals surface area contributed by atoms with E-state index in [-0.39, 0.29) is 0 Å². The number of aryl methyl sites for hydroxylation is 3. The zero-order valence-corrected chi connectivity index (χ0v) is 14.3. The van der Waals surface area contributed by atoms with Crippen molar-refractivity contribution in [2.45, 2.75) is 40.2 Å². The first-order valence-corrected chi connectivity index (χ1v) is 8.21. The Kier molecular flexibility index (Phi) is 4.33. The van der Waals surface area contributed by atoms with E-state index < -0.39 is 0 Å². The molecule has 0 fully saturated rings. The smallest absolute Gasteiger partial charge is 0.0726 e. The summed E-state index contributed by atoms with van der Waals surface area (Å²) in [6, 6.07) is 10.5. The molecule has 0 saturated heterocycles. The van der Waals surface area contributed by atoms with Gasteiger partial charge in [-0.1, -0.05) is 31.5 Å². The van der Waals surface area contributed by atoms with Crippen LogP contribution in [0.25, 0.3) is 10.9 Å². The van der Waals surface area contributed by atoms with Crippen molar-refractivity contribution in [3.05, 3.63) is 53.0 Å². The number of benzene rings is 1. The summed E-state index contributed by atoms with van der Waals surface area (Å²) in [6.45, 7) is 7.15. The van der Waals surface area contributed by atoms with Crippen LogP contribution in [0.15, 0.2) is 30.3 Å². The molecule has 0 radical (unpaired) electrons. The van der Waals surface area contributed by atoms with Crippen molar-refractivity contribution in [3.8, 4) is 0 Å². The van der Waals surface area contributed by atoms with Gasteiger partial charge in [0, 0.05) is 41.6 Å². The Morgan fingerprint density at radius 1 is 1.17 bits per heavy atom. The van der Waals surface area contributed by atoms with Crippen LogP contribution in [0.2, 0.25) is 0 Å². The Morgan fingerprint density at radius 3 is 2.65 bits per heavy atom. The highest BCUT2D eigenvalue weighted by atomic mass is 15.3. The van der Waals surface area contributed by atoms with Gasteiger partial charge in [-0.3, -0.25) is 9.67 Å². The third kappa shape index (κ3) is 3.07. The van der Waals surface area contributed by atoms with Gasteiger partial charge in [0.15, 0.2) is 0 Å². The highest BCUT2D eigenvalue weighted by molar-refractivity contribution is 5.91. The maximum atomic E-state index is 4.76. The molecule has 0 aliphatic rings. The number of fused-ring (bicyclic) bond motifs is 1. The van der Waals surface area contributed by atoms with Crippen molar-refractivity contribution in [3.63, 3.8) is 0 Å². The van der Waals surface area contributed by atoms with Gasteiger partial charge in [-0.25, -0.2) is 0 Å². The molecule has 1 N–H and O–H groups in total. The monoisotopic (exact) mass is 308 g/mol. The Hall–Kier alpha value is -2.36. The lowest BCUT2D eigenvalue weighted by molar-refractivity contribution is 0.730. The Morgan fingerprint density at radius 2 is 1.96 bits per heavy atom. The van der Waals surface area contributed by atoms with Gasteiger partial charge >= 0.3 is 0 Å². The third-order valence-electron chi connectivity index (χ3n) is 4.39. The molecule has 0 bridgehead atoms. The molecule has 3 rings (SSSR count). The Bertz CT molecular complexity index is 833. The molecule has 0 spiro atoms. The summed E-state index contributed by atoms with van der Waals surface area (Å²) in [4.78, 5) is 4.76. The van der Waals surface area contributed by atoms with Gasteiger partial charge in [0.25, 0.3) is 0 Å². The number of anilines is 1. The van der Waals surface area contributed by atoms with Crippen LogP contribution < -0.4 is 5.32 Å². The van der Waals surface area contributed by atoms with Crippen LogP contribution in [-0.2, 0) is 20.0 Å². The van der Waals surface area contributed by atoms with Crippen LogP contribution in [0.5, 0.6) is 0 Å². The number of nitrogens with one attached hydrogen (secondary N) is 1. The quantitative estimate of drug-likeness (QED) is 0.770. The van der Waals surface area contributed by atoms with Gasteiger partial charge in [-0.15, -0.1) is 0 Å². The van der Waals surface area contributed by atoms with Gasteiger partial charge in [-0.05, 0) is 32.4 Å². The molecule has 0 aliphatic heterocycles. The minimum Gasteiger partial charge on any atom is -0.380 e. The summed E-state index contributed by atoms with van der Waals surface area (Å²) in [5.74, 6) is 0. The van der Waals surface area contributed by atoms with E-state index in [0.717, 1.165) is 42.0 Å². The summed E-state index contributed by atoms with van der Waals surface area (Å²) in [6.07, 6.45) is 2.11. The fourth-order valence-electron chi connectivity index (χ4n) is 3.02. The van der Waals surface area contributed by atoms with E-state index in [9.17, 15) is 0 Å². The van der Waals surface area contributed by atoms with Gasteiger partial charge in [0.05, 0.1) is 11.2 Å². The average molecular weight is 308 g/mol. The molecule has 0 unspecified atom stereocenters. The number of rotatable bonds is 5. The van der Waals surface area contributed by atoms with Gasteiger partial charge < -0.3 is 5.32 Å². The second kappa shape index (κ2) is 6.41. The fraction of sp³-hybridized carbons (Fsp3) is 0.368. The third-order valence-corrected chi connectivity index (χ3v) is 4.39. The summed E-state index contributed by atoms with van der Waals surface area (Å²) in [5.41, 5.74) is 6.92. The SMILES string of the molecule is CCCc1cc(NCc2c(C)nn(C)c2C)c2ccccc2n1. The van der Waals surface area contributed by atoms with E-state index in [2.05, 4.69) is 55.5 Å². The van der Waals surface area contributed by atoms with Crippen LogP contribution in [0.1, 0.15) is 36.0 Å². The lowest BCUT2D eigenvalue weighted by Gasteiger charge is -2.12. The van der Waals surface area contributed by atoms with Crippen LogP contribution in [0, 0.1) is 13.8 Å². The van der Waals surface area contributed by atoms with Crippen molar-refractivity contribution >= 4 is 16.6 Å². The highest BCUT2D eigenvalue weighted by Crippen LogP contribution is 2.25. The van der Waals surface area contributed by atoms with Gasteiger partial charge in [-0.2, -0.15) is 5.10 Å². The predicted molar refractivity (Wildman–Crippen MR) is 95.7 cm³/mol. The zero-order chi connectivity index (χ0) is 16.4. The van der Waals surface area contributed by atoms with Crippen LogP contribution in [0.3, 0.4) is 0 Å². The Labute approximate surface area is 137 Å². The fourth-order valence-corrected chi connectivity index (χ4v) is 3.02. The second-order valence-electron chi connectivity index (χ2n) is 6.05. The van der Waals surface area contributed by atoms with Gasteiger partial charge in [0.2, 0.25) is 0 Å². The normalized spacial score (nSPS) is 11.1. The molecular weight excluding hydrogens is 284 g/mol. The number of para-hydroxylation sites is 1. The summed E-state index contributed by atoms with van der Waals surface area (Å²) in [7, 11) is 1.99. The molecule has 4 nitrogen and oxygen atoms in total. The number of hydrogen-bond acceptors (Lipinski definition) is 3. The maximum Gasteiger partial charge on any atom is 0.0726 e. The van der Waals surface area contributed by atoms with Crippen molar-refractivity contribution in [1.29, 1.82) is 0 Å². The lowest BCUT2D eigenvalue weighted by atomic mass is 10.1. The summed E-state index contributed by atoms with van der Waals surface area (Å²) >= 11 is 0. The molecule has 1 aromatic carbocycles. The van der Waals surface area contributed by atoms with Gasteiger partial charge in [0.1, 0.15) is 0 Å². The minimum atomic E-state index is 0.783. The van der Waals surface area contributed by atoms with Crippen molar-refractivity contribution < 1.29 is 0 Å². The standard InChI is InChI=1S/C19H24N4/c1-5-8-15-11-19(16-9-6-7-10-18(16)21-15)20-12-17-13(2)22-23(4)14(17)3/h6-7,9-11H,5,8,12H2,1-4H3,(H,20,21). The first-order chi connectivity index (χ1) is 11.1. The van der Waals surface area contributed by atoms with Crippen molar-refractivity contribution in [2.24, 2.45) is 7.05 Å². The summed E-state index contributed by atoms with van der Waals surface area (Å²) < 4.78 is 1.94. The molecule has 2 heterocycles. The van der Waals surface area contributed by atoms with Crippen molar-refractivity contribution in [2.75, 3.05) is 5.32 Å². The molecule has 0 atom stereocenters. The van der Waals surface area contributed by atoms with E-state index in [1.54, 1.807) is 0 Å². The highest BCUT2D eigenvalue weighted by Gasteiger charge is 2.10. The summed E-state index contributed by atoms with van der Waals surface area (Å²) in [5, 5.41) is 9.27. The number of pyridine rings is 1. The molecule has 3 aromatic rings. The van der Waals surface area contributed by atoms with Crippen molar-refractivity contribution in [1.82, 2.24) is 14.8 Å². The number of hydrogen-bond donors (Lipinski definition) is 1. The first kappa shape index (κ1) is 15.5.